The van der Waals surface area contributed by atoms with E-state index in [-0.39, 0.29) is 17.7 Å². The molecule has 17 heavy (non-hydrogen) atoms. The molecule has 0 aliphatic rings. The van der Waals surface area contributed by atoms with Gasteiger partial charge in [0, 0.05) is 5.56 Å². The van der Waals surface area contributed by atoms with Crippen LogP contribution in [0.4, 0.5) is 8.78 Å². The number of nitrogens with zero attached hydrogens (tertiary/aromatic N) is 1. The van der Waals surface area contributed by atoms with E-state index in [0.29, 0.717) is 0 Å². The van der Waals surface area contributed by atoms with Gasteiger partial charge in [-0.3, -0.25) is 0 Å². The normalized spacial score (nSPS) is 14.1. The van der Waals surface area contributed by atoms with Gasteiger partial charge >= 0.3 is 6.61 Å². The van der Waals surface area contributed by atoms with Crippen LogP contribution in [0.1, 0.15) is 18.1 Å². The van der Waals surface area contributed by atoms with E-state index < -0.39 is 18.8 Å². The van der Waals surface area contributed by atoms with Gasteiger partial charge in [-0.1, -0.05) is 18.2 Å². The molecule has 0 aromatic heterocycles. The second kappa shape index (κ2) is 6.13. The molecule has 1 aromatic carbocycles. The van der Waals surface area contributed by atoms with Crippen LogP contribution < -0.4 is 4.74 Å². The van der Waals surface area contributed by atoms with Crippen LogP contribution in [-0.4, -0.2) is 22.9 Å². The zero-order valence-electron chi connectivity index (χ0n) is 8.75. The molecule has 0 heterocycles. The number of benzene rings is 1. The fourth-order valence-corrected chi connectivity index (χ4v) is 1.34. The van der Waals surface area contributed by atoms with Gasteiger partial charge in [0.05, 0.1) is 18.6 Å². The first-order chi connectivity index (χ1) is 8.06. The van der Waals surface area contributed by atoms with Crippen molar-refractivity contribution in [2.45, 2.75) is 25.2 Å². The summed E-state index contributed by atoms with van der Waals surface area (Å²) in [7, 11) is 0. The zero-order chi connectivity index (χ0) is 12.8. The molecule has 0 saturated carbocycles. The number of rotatable bonds is 5. The van der Waals surface area contributed by atoms with E-state index in [4.69, 9.17) is 5.26 Å². The van der Waals surface area contributed by atoms with Crippen molar-refractivity contribution in [1.82, 2.24) is 0 Å². The van der Waals surface area contributed by atoms with Crippen LogP contribution in [0.5, 0.6) is 5.75 Å². The van der Waals surface area contributed by atoms with Gasteiger partial charge in [0.15, 0.2) is 0 Å². The van der Waals surface area contributed by atoms with Crippen LogP contribution in [0.2, 0.25) is 0 Å². The Morgan fingerprint density at radius 3 is 2.53 bits per heavy atom. The summed E-state index contributed by atoms with van der Waals surface area (Å²) in [6.07, 6.45) is -3.09. The molecule has 1 rings (SSSR count). The first-order valence-corrected chi connectivity index (χ1v) is 4.83. The number of alkyl halides is 2. The van der Waals surface area contributed by atoms with E-state index in [0.717, 1.165) is 0 Å². The number of aliphatic hydroxyl groups excluding tert-OH is 2. The molecular formula is C11H11F2NO3. The van der Waals surface area contributed by atoms with E-state index in [9.17, 15) is 19.0 Å². The van der Waals surface area contributed by atoms with Crippen LogP contribution in [0.25, 0.3) is 0 Å². The molecule has 0 spiro atoms. The third kappa shape index (κ3) is 3.66. The molecule has 2 atom stereocenters. The lowest BCUT2D eigenvalue weighted by Gasteiger charge is -2.18. The monoisotopic (exact) mass is 243 g/mol. The predicted molar refractivity (Wildman–Crippen MR) is 54.3 cm³/mol. The average Bonchev–Trinajstić information content (AvgIpc) is 2.28. The molecule has 6 heteroatoms. The Hall–Kier alpha value is -1.71. The summed E-state index contributed by atoms with van der Waals surface area (Å²) in [5, 5.41) is 27.5. The summed E-state index contributed by atoms with van der Waals surface area (Å²) in [4.78, 5) is 0. The van der Waals surface area contributed by atoms with Crippen LogP contribution >= 0.6 is 0 Å². The number of aliphatic hydroxyl groups is 2. The summed E-state index contributed by atoms with van der Waals surface area (Å²) in [6.45, 7) is -3.02. The maximum absolute atomic E-state index is 12.1. The molecule has 4 nitrogen and oxygen atoms in total. The number of nitriles is 1. The third-order valence-electron chi connectivity index (χ3n) is 2.12. The minimum Gasteiger partial charge on any atom is -0.434 e. The van der Waals surface area contributed by atoms with Crippen molar-refractivity contribution >= 4 is 0 Å². The van der Waals surface area contributed by atoms with Crippen LogP contribution in [0.3, 0.4) is 0 Å². The molecule has 0 saturated heterocycles. The summed E-state index contributed by atoms with van der Waals surface area (Å²) >= 11 is 0. The molecule has 2 N–H and O–H groups in total. The lowest BCUT2D eigenvalue weighted by molar-refractivity contribution is -0.0537. The molecule has 92 valence electrons. The highest BCUT2D eigenvalue weighted by atomic mass is 19.3. The summed E-state index contributed by atoms with van der Waals surface area (Å²) in [6, 6.07) is 7.26. The van der Waals surface area contributed by atoms with E-state index in [1.54, 1.807) is 6.07 Å². The maximum atomic E-state index is 12.1. The first kappa shape index (κ1) is 13.4. The van der Waals surface area contributed by atoms with Crippen molar-refractivity contribution in [3.05, 3.63) is 29.8 Å². The Balaban J connectivity index is 2.92. The minimum absolute atomic E-state index is 0.0237. The molecule has 0 bridgehead atoms. The molecule has 1 aromatic rings. The zero-order valence-corrected chi connectivity index (χ0v) is 8.75. The fourth-order valence-electron chi connectivity index (χ4n) is 1.34. The van der Waals surface area contributed by atoms with Crippen molar-refractivity contribution in [3.8, 4) is 11.8 Å². The van der Waals surface area contributed by atoms with Gasteiger partial charge in [-0.05, 0) is 6.07 Å². The Morgan fingerprint density at radius 2 is 1.94 bits per heavy atom. The third-order valence-corrected chi connectivity index (χ3v) is 2.12. The van der Waals surface area contributed by atoms with Crippen molar-refractivity contribution < 1.29 is 23.7 Å². The van der Waals surface area contributed by atoms with E-state index in [1.807, 2.05) is 0 Å². The Kier molecular flexibility index (Phi) is 4.82. The molecule has 2 unspecified atom stereocenters. The Labute approximate surface area is 96.7 Å². The number of para-hydroxylation sites is 1. The second-order valence-electron chi connectivity index (χ2n) is 3.29. The van der Waals surface area contributed by atoms with Crippen LogP contribution in [-0.2, 0) is 0 Å². The summed E-state index contributed by atoms with van der Waals surface area (Å²) < 4.78 is 28.4. The van der Waals surface area contributed by atoms with Crippen LogP contribution in [0, 0.1) is 11.3 Å². The number of hydrogen-bond donors (Lipinski definition) is 2. The largest absolute Gasteiger partial charge is 0.434 e. The van der Waals surface area contributed by atoms with Gasteiger partial charge in [0.2, 0.25) is 0 Å². The molecule has 0 aliphatic heterocycles. The van der Waals surface area contributed by atoms with Gasteiger partial charge in [0.25, 0.3) is 0 Å². The van der Waals surface area contributed by atoms with Gasteiger partial charge in [-0.2, -0.15) is 14.0 Å². The summed E-state index contributed by atoms with van der Waals surface area (Å²) in [5.41, 5.74) is 0.0237. The molecular weight excluding hydrogens is 232 g/mol. The van der Waals surface area contributed by atoms with Gasteiger partial charge < -0.3 is 14.9 Å². The molecule has 0 aliphatic carbocycles. The maximum Gasteiger partial charge on any atom is 0.387 e. The van der Waals surface area contributed by atoms with Gasteiger partial charge in [0.1, 0.15) is 11.9 Å². The number of ether oxygens (including phenoxy) is 1. The smallest absolute Gasteiger partial charge is 0.387 e. The minimum atomic E-state index is -3.02. The first-order valence-electron chi connectivity index (χ1n) is 4.83. The van der Waals surface area contributed by atoms with Crippen LogP contribution in [0.15, 0.2) is 24.3 Å². The van der Waals surface area contributed by atoms with Gasteiger partial charge in [-0.15, -0.1) is 0 Å². The molecule has 0 radical (unpaired) electrons. The highest BCUT2D eigenvalue weighted by Crippen LogP contribution is 2.29. The Morgan fingerprint density at radius 1 is 1.29 bits per heavy atom. The number of halogens is 2. The van der Waals surface area contributed by atoms with Crippen molar-refractivity contribution in [1.29, 1.82) is 5.26 Å². The fraction of sp³-hybridized carbons (Fsp3) is 0.364. The van der Waals surface area contributed by atoms with Crippen molar-refractivity contribution in [3.63, 3.8) is 0 Å². The quantitative estimate of drug-likeness (QED) is 0.823. The topological polar surface area (TPSA) is 73.5 Å². The van der Waals surface area contributed by atoms with E-state index in [1.165, 1.54) is 24.3 Å². The Bertz CT molecular complexity index is 406. The van der Waals surface area contributed by atoms with E-state index >= 15 is 0 Å². The summed E-state index contributed by atoms with van der Waals surface area (Å²) in [5.74, 6) is -0.216. The lowest BCUT2D eigenvalue weighted by atomic mass is 10.0. The SMILES string of the molecule is N#CCC(O)C(O)c1ccccc1OC(F)F. The second-order valence-corrected chi connectivity index (χ2v) is 3.29. The average molecular weight is 243 g/mol. The molecule has 0 fully saturated rings. The standard InChI is InChI=1S/C11H11F2NO3/c12-11(13)17-9-4-2-1-3-7(9)10(16)8(15)5-6-14/h1-4,8,10-11,15-16H,5H2. The number of hydrogen-bond acceptors (Lipinski definition) is 4. The highest BCUT2D eigenvalue weighted by molar-refractivity contribution is 5.35. The highest BCUT2D eigenvalue weighted by Gasteiger charge is 2.22. The molecule has 0 amide bonds. The van der Waals surface area contributed by atoms with Gasteiger partial charge in [-0.25, -0.2) is 0 Å². The van der Waals surface area contributed by atoms with Crippen molar-refractivity contribution in [2.75, 3.05) is 0 Å². The predicted octanol–water partition coefficient (Wildman–Crippen LogP) is 1.60. The van der Waals surface area contributed by atoms with E-state index in [2.05, 4.69) is 4.74 Å². The lowest BCUT2D eigenvalue weighted by Crippen LogP contribution is -2.19. The van der Waals surface area contributed by atoms with Crippen molar-refractivity contribution in [2.24, 2.45) is 0 Å².